The second kappa shape index (κ2) is 8.35. The Labute approximate surface area is 223 Å². The van der Waals surface area contributed by atoms with E-state index in [1.54, 1.807) is 20.8 Å². The van der Waals surface area contributed by atoms with E-state index in [1.807, 2.05) is 13.8 Å². The fraction of sp³-hybridized carbons (Fsp3) is 0.700. The first-order valence-electron chi connectivity index (χ1n) is 13.7. The average Bonchev–Trinajstić information content (AvgIpc) is 3.13. The molecule has 0 spiro atoms. The summed E-state index contributed by atoms with van der Waals surface area (Å²) in [5.41, 5.74) is -3.35. The molecule has 0 saturated heterocycles. The van der Waals surface area contributed by atoms with E-state index >= 15 is 0 Å². The van der Waals surface area contributed by atoms with E-state index in [9.17, 15) is 29.7 Å². The predicted molar refractivity (Wildman–Crippen MR) is 138 cm³/mol. The highest BCUT2D eigenvalue weighted by Gasteiger charge is 2.70. The lowest BCUT2D eigenvalue weighted by Crippen LogP contribution is -2.68. The van der Waals surface area contributed by atoms with Crippen LogP contribution in [0, 0.1) is 16.7 Å². The number of carbonyl (C=O) groups is 3. The number of esters is 2. The Hall–Kier alpha value is -2.29. The van der Waals surface area contributed by atoms with Gasteiger partial charge in [0, 0.05) is 24.3 Å². The Bertz CT molecular complexity index is 1210. The monoisotopic (exact) mass is 528 g/mol. The van der Waals surface area contributed by atoms with Crippen molar-refractivity contribution < 1.29 is 39.2 Å². The zero-order valence-corrected chi connectivity index (χ0v) is 23.2. The Morgan fingerprint density at radius 2 is 1.82 bits per heavy atom. The fourth-order valence-corrected chi connectivity index (χ4v) is 8.55. The van der Waals surface area contributed by atoms with E-state index in [4.69, 9.17) is 9.47 Å². The Balaban J connectivity index is 1.55. The molecule has 4 aliphatic carbocycles. The second-order valence-electron chi connectivity index (χ2n) is 12.8. The maximum Gasteiger partial charge on any atom is 0.334 e. The summed E-state index contributed by atoms with van der Waals surface area (Å²) < 4.78 is 11.1. The van der Waals surface area contributed by atoms with Gasteiger partial charge in [-0.2, -0.15) is 0 Å². The lowest BCUT2D eigenvalue weighted by atomic mass is 9.46. The van der Waals surface area contributed by atoms with E-state index in [2.05, 4.69) is 0 Å². The standard InChI is InChI=1S/C30H40O8/c1-16-15-24(38-25(33)17(16)2)28(6,34)30(36)14-11-20-19-9-13-29(35)23(37-18(3)31)8-7-22(32)27(29,5)21(19)10-12-26(20,30)4/h7-8,21,23-24,34-36H,9-15H2,1-6H3/t21?,23-,24?,26-,27-,28-,29+,30-/m0/s1. The fourth-order valence-electron chi connectivity index (χ4n) is 8.55. The number of rotatable bonds is 3. The number of fused-ring (bicyclic) bond motifs is 4. The molecule has 0 bridgehead atoms. The molecule has 1 aliphatic heterocycles. The van der Waals surface area contributed by atoms with E-state index in [0.29, 0.717) is 44.1 Å². The van der Waals surface area contributed by atoms with E-state index < -0.39 is 51.8 Å². The molecule has 2 fully saturated rings. The second-order valence-corrected chi connectivity index (χ2v) is 12.8. The highest BCUT2D eigenvalue weighted by atomic mass is 16.6. The molecule has 0 aromatic rings. The van der Waals surface area contributed by atoms with Crippen LogP contribution in [0.3, 0.4) is 0 Å². The zero-order chi connectivity index (χ0) is 28.1. The summed E-state index contributed by atoms with van der Waals surface area (Å²) in [4.78, 5) is 37.7. The van der Waals surface area contributed by atoms with Gasteiger partial charge in [-0.15, -0.1) is 0 Å². The van der Waals surface area contributed by atoms with Crippen LogP contribution in [-0.4, -0.2) is 62.1 Å². The molecule has 2 saturated carbocycles. The van der Waals surface area contributed by atoms with Crippen molar-refractivity contribution >= 4 is 17.7 Å². The van der Waals surface area contributed by atoms with Crippen LogP contribution in [-0.2, 0) is 23.9 Å². The van der Waals surface area contributed by atoms with Crippen LogP contribution in [0.1, 0.15) is 86.5 Å². The number of hydrogen-bond acceptors (Lipinski definition) is 8. The average molecular weight is 529 g/mol. The van der Waals surface area contributed by atoms with Crippen molar-refractivity contribution in [1.82, 2.24) is 0 Å². The Kier molecular flexibility index (Phi) is 6.00. The minimum atomic E-state index is -1.71. The van der Waals surface area contributed by atoms with Crippen LogP contribution in [0.15, 0.2) is 34.4 Å². The van der Waals surface area contributed by atoms with Crippen molar-refractivity contribution in [2.24, 2.45) is 16.7 Å². The van der Waals surface area contributed by atoms with Crippen molar-refractivity contribution in [3.8, 4) is 0 Å². The number of hydrogen-bond donors (Lipinski definition) is 3. The van der Waals surface area contributed by atoms with Gasteiger partial charge in [0.05, 0.1) is 5.41 Å². The highest BCUT2D eigenvalue weighted by molar-refractivity contribution is 5.98. The van der Waals surface area contributed by atoms with Crippen LogP contribution in [0.2, 0.25) is 0 Å². The Morgan fingerprint density at radius 3 is 2.45 bits per heavy atom. The first-order valence-corrected chi connectivity index (χ1v) is 13.7. The van der Waals surface area contributed by atoms with Crippen molar-refractivity contribution in [3.63, 3.8) is 0 Å². The number of carbonyl (C=O) groups excluding carboxylic acids is 3. The molecule has 1 heterocycles. The molecular weight excluding hydrogens is 488 g/mol. The summed E-state index contributed by atoms with van der Waals surface area (Å²) in [6, 6.07) is 0. The molecule has 38 heavy (non-hydrogen) atoms. The molecule has 8 nitrogen and oxygen atoms in total. The third kappa shape index (κ3) is 3.23. The molecule has 0 aromatic carbocycles. The van der Waals surface area contributed by atoms with Gasteiger partial charge in [0.1, 0.15) is 29.0 Å². The molecule has 0 amide bonds. The molecule has 2 unspecified atom stereocenters. The SMILES string of the molecule is CC(=O)O[C@H]1C=CC(=O)[C@]2(C)C3CC[C@@]4(C)C(=C3CC[C@@]12O)CC[C@@]4(O)[C@@](C)(O)C1CC(C)=C(C)C(=O)O1. The first-order chi connectivity index (χ1) is 17.5. The summed E-state index contributed by atoms with van der Waals surface area (Å²) in [5, 5.41) is 36.2. The molecule has 3 N–H and O–H groups in total. The van der Waals surface area contributed by atoms with Crippen molar-refractivity contribution in [3.05, 3.63) is 34.4 Å². The molecule has 8 atom stereocenters. The maximum atomic E-state index is 13.4. The van der Waals surface area contributed by atoms with Gasteiger partial charge in [-0.3, -0.25) is 9.59 Å². The van der Waals surface area contributed by atoms with Crippen LogP contribution in [0.5, 0.6) is 0 Å². The third-order valence-electron chi connectivity index (χ3n) is 11.3. The minimum Gasteiger partial charge on any atom is -0.455 e. The van der Waals surface area contributed by atoms with Crippen LogP contribution in [0.25, 0.3) is 0 Å². The number of ether oxygens (including phenoxy) is 2. The summed E-state index contributed by atoms with van der Waals surface area (Å²) in [6.07, 6.45) is 4.04. The van der Waals surface area contributed by atoms with E-state index in [0.717, 1.165) is 16.7 Å². The zero-order valence-electron chi connectivity index (χ0n) is 23.2. The third-order valence-corrected chi connectivity index (χ3v) is 11.3. The van der Waals surface area contributed by atoms with Gasteiger partial charge in [0.2, 0.25) is 0 Å². The van der Waals surface area contributed by atoms with Crippen molar-refractivity contribution in [2.45, 2.75) is 115 Å². The number of ketones is 1. The van der Waals surface area contributed by atoms with Crippen LogP contribution in [0.4, 0.5) is 0 Å². The minimum absolute atomic E-state index is 0.193. The first kappa shape index (κ1) is 27.3. The van der Waals surface area contributed by atoms with Crippen LogP contribution < -0.4 is 0 Å². The largest absolute Gasteiger partial charge is 0.455 e. The van der Waals surface area contributed by atoms with Gasteiger partial charge >= 0.3 is 11.9 Å². The quantitative estimate of drug-likeness (QED) is 0.376. The summed E-state index contributed by atoms with van der Waals surface area (Å²) in [5.74, 6) is -1.47. The lowest BCUT2D eigenvalue weighted by Gasteiger charge is -2.60. The van der Waals surface area contributed by atoms with Gasteiger partial charge in [-0.25, -0.2) is 4.79 Å². The molecule has 0 aromatic heterocycles. The molecule has 5 aliphatic rings. The number of allylic oxidation sites excluding steroid dienone is 2. The van der Waals surface area contributed by atoms with Gasteiger partial charge in [-0.1, -0.05) is 23.6 Å². The summed E-state index contributed by atoms with van der Waals surface area (Å²) in [7, 11) is 0. The topological polar surface area (TPSA) is 130 Å². The maximum absolute atomic E-state index is 13.4. The molecule has 5 rings (SSSR count). The van der Waals surface area contributed by atoms with Gasteiger partial charge < -0.3 is 24.8 Å². The predicted octanol–water partition coefficient (Wildman–Crippen LogP) is 3.23. The summed E-state index contributed by atoms with van der Waals surface area (Å²) in [6.45, 7) is 10.2. The summed E-state index contributed by atoms with van der Waals surface area (Å²) >= 11 is 0. The molecule has 8 heteroatoms. The van der Waals surface area contributed by atoms with E-state index in [1.165, 1.54) is 19.1 Å². The highest BCUT2D eigenvalue weighted by Crippen LogP contribution is 2.67. The number of aliphatic hydroxyl groups is 3. The van der Waals surface area contributed by atoms with Crippen molar-refractivity contribution in [1.29, 1.82) is 0 Å². The van der Waals surface area contributed by atoms with Gasteiger partial charge in [-0.05, 0) is 84.3 Å². The number of cyclic esters (lactones) is 1. The van der Waals surface area contributed by atoms with Crippen molar-refractivity contribution in [2.75, 3.05) is 0 Å². The van der Waals surface area contributed by atoms with E-state index in [-0.39, 0.29) is 18.1 Å². The van der Waals surface area contributed by atoms with Gasteiger partial charge in [0.25, 0.3) is 0 Å². The van der Waals surface area contributed by atoms with Gasteiger partial charge in [0.15, 0.2) is 5.78 Å². The molecule has 208 valence electrons. The lowest BCUT2D eigenvalue weighted by molar-refractivity contribution is -0.237. The molecular formula is C30H40O8. The molecule has 0 radical (unpaired) electrons. The normalized spacial score (nSPS) is 44.2. The van der Waals surface area contributed by atoms with Crippen LogP contribution >= 0.6 is 0 Å². The smallest absolute Gasteiger partial charge is 0.334 e. The Morgan fingerprint density at radius 1 is 1.13 bits per heavy atom.